The van der Waals surface area contributed by atoms with Gasteiger partial charge in [-0.25, -0.2) is 13.4 Å². The lowest BCUT2D eigenvalue weighted by Crippen LogP contribution is -2.47. The number of benzene rings is 1. The van der Waals surface area contributed by atoms with Gasteiger partial charge in [-0.2, -0.15) is 4.31 Å². The van der Waals surface area contributed by atoms with E-state index >= 15 is 0 Å². The molecule has 0 radical (unpaired) electrons. The molecule has 1 aromatic carbocycles. The maximum atomic E-state index is 12.5. The maximum absolute atomic E-state index is 12.5. The van der Waals surface area contributed by atoms with Crippen molar-refractivity contribution >= 4 is 27.7 Å². The summed E-state index contributed by atoms with van der Waals surface area (Å²) in [5, 5.41) is 3.53. The van der Waals surface area contributed by atoms with E-state index in [1.807, 2.05) is 18.2 Å². The number of sulfonamides is 1. The third-order valence-corrected chi connectivity index (χ3v) is 8.38. The van der Waals surface area contributed by atoms with Crippen molar-refractivity contribution in [1.82, 2.24) is 19.5 Å². The Bertz CT molecular complexity index is 983. The van der Waals surface area contributed by atoms with Crippen LogP contribution in [0, 0.1) is 0 Å². The van der Waals surface area contributed by atoms with Crippen LogP contribution in [0.5, 0.6) is 0 Å². The Hall–Kier alpha value is -1.98. The topological polar surface area (TPSA) is 91.8 Å². The molecule has 1 atom stereocenters. The van der Waals surface area contributed by atoms with Gasteiger partial charge in [-0.15, -0.1) is 0 Å². The molecule has 1 amide bonds. The number of rotatable bonds is 11. The summed E-state index contributed by atoms with van der Waals surface area (Å²) in [5.74, 6) is 0.0979. The second-order valence-electron chi connectivity index (χ2n) is 7.73. The van der Waals surface area contributed by atoms with Gasteiger partial charge < -0.3 is 10.1 Å². The molecule has 0 saturated carbocycles. The van der Waals surface area contributed by atoms with Gasteiger partial charge in [0.25, 0.3) is 0 Å². The van der Waals surface area contributed by atoms with Crippen molar-refractivity contribution in [3.8, 4) is 0 Å². The van der Waals surface area contributed by atoms with Gasteiger partial charge in [-0.3, -0.25) is 9.69 Å². The first kappa shape index (κ1) is 25.6. The molecule has 1 aliphatic rings. The van der Waals surface area contributed by atoms with E-state index in [4.69, 9.17) is 4.74 Å². The lowest BCUT2D eigenvalue weighted by atomic mass is 10.2. The van der Waals surface area contributed by atoms with Gasteiger partial charge in [0.15, 0.2) is 0 Å². The minimum atomic E-state index is -3.53. The van der Waals surface area contributed by atoms with Crippen LogP contribution in [-0.2, 0) is 26.1 Å². The molecule has 1 fully saturated rings. The number of amides is 1. The molecule has 1 aliphatic heterocycles. The van der Waals surface area contributed by atoms with E-state index in [1.165, 1.54) is 33.9 Å². The third-order valence-electron chi connectivity index (χ3n) is 5.40. The summed E-state index contributed by atoms with van der Waals surface area (Å²) < 4.78 is 32.3. The van der Waals surface area contributed by atoms with Gasteiger partial charge in [0.05, 0.1) is 23.5 Å². The number of pyridine rings is 1. The zero-order valence-corrected chi connectivity index (χ0v) is 20.8. The normalized spacial score (nSPS) is 17.2. The Labute approximate surface area is 200 Å². The van der Waals surface area contributed by atoms with E-state index in [0.717, 1.165) is 19.6 Å². The summed E-state index contributed by atoms with van der Waals surface area (Å²) in [4.78, 5) is 19.0. The van der Waals surface area contributed by atoms with Crippen LogP contribution in [-0.4, -0.2) is 79.7 Å². The number of hydrogen-bond donors (Lipinski definition) is 1. The van der Waals surface area contributed by atoms with E-state index in [9.17, 15) is 13.2 Å². The summed E-state index contributed by atoms with van der Waals surface area (Å²) in [5.41, 5.74) is 1.27. The molecule has 3 rings (SSSR count). The quantitative estimate of drug-likeness (QED) is 0.481. The van der Waals surface area contributed by atoms with Crippen molar-refractivity contribution in [3.05, 3.63) is 54.2 Å². The molecular weight excluding hydrogens is 460 g/mol. The molecule has 1 unspecified atom stereocenters. The number of nitrogens with zero attached hydrogens (tertiary/aromatic N) is 3. The number of aromatic nitrogens is 1. The molecule has 10 heteroatoms. The van der Waals surface area contributed by atoms with Crippen LogP contribution in [0.25, 0.3) is 0 Å². The van der Waals surface area contributed by atoms with Gasteiger partial charge in [0.1, 0.15) is 4.90 Å². The highest BCUT2D eigenvalue weighted by Gasteiger charge is 2.23. The average molecular weight is 493 g/mol. The average Bonchev–Trinajstić information content (AvgIpc) is 2.83. The molecule has 33 heavy (non-hydrogen) atoms. The SMILES string of the molecule is CCN(CC)S(=O)(=O)c1ccc(SCC(=O)NCC2CN(Cc3ccccc3)CCO2)nc1. The first-order chi connectivity index (χ1) is 15.9. The molecular formula is C23H32N4O4S2. The molecule has 0 aliphatic carbocycles. The minimum Gasteiger partial charge on any atom is -0.374 e. The standard InChI is InChI=1S/C23H32N4O4S2/c1-3-27(4-2)33(29,30)21-10-11-23(25-15-21)32-18-22(28)24-14-20-17-26(12-13-31-20)16-19-8-6-5-7-9-19/h5-11,15,20H,3-4,12-14,16-18H2,1-2H3,(H,24,28). The molecule has 2 aromatic rings. The molecule has 0 bridgehead atoms. The Kier molecular flexibility index (Phi) is 9.69. The highest BCUT2D eigenvalue weighted by molar-refractivity contribution is 7.99. The maximum Gasteiger partial charge on any atom is 0.244 e. The van der Waals surface area contributed by atoms with Crippen molar-refractivity contribution in [1.29, 1.82) is 0 Å². The fourth-order valence-electron chi connectivity index (χ4n) is 3.62. The van der Waals surface area contributed by atoms with Gasteiger partial charge in [0.2, 0.25) is 15.9 Å². The van der Waals surface area contributed by atoms with Crippen LogP contribution in [0.4, 0.5) is 0 Å². The van der Waals surface area contributed by atoms with Crippen LogP contribution in [0.1, 0.15) is 19.4 Å². The molecule has 2 heterocycles. The van der Waals surface area contributed by atoms with Crippen molar-refractivity contribution < 1.29 is 17.9 Å². The first-order valence-corrected chi connectivity index (χ1v) is 13.6. The summed E-state index contributed by atoms with van der Waals surface area (Å²) in [6.07, 6.45) is 1.31. The van der Waals surface area contributed by atoms with E-state index in [0.29, 0.717) is 31.3 Å². The zero-order valence-electron chi connectivity index (χ0n) is 19.1. The van der Waals surface area contributed by atoms with Crippen molar-refractivity contribution in [2.24, 2.45) is 0 Å². The fraction of sp³-hybridized carbons (Fsp3) is 0.478. The van der Waals surface area contributed by atoms with E-state index in [2.05, 4.69) is 27.3 Å². The fourth-order valence-corrected chi connectivity index (χ4v) is 5.70. The number of carbonyl (C=O) groups excluding carboxylic acids is 1. The summed E-state index contributed by atoms with van der Waals surface area (Å²) in [7, 11) is -3.53. The van der Waals surface area contributed by atoms with Gasteiger partial charge in [-0.05, 0) is 17.7 Å². The number of hydrogen-bond acceptors (Lipinski definition) is 7. The second-order valence-corrected chi connectivity index (χ2v) is 10.7. The third kappa shape index (κ3) is 7.51. The number of morpholine rings is 1. The van der Waals surface area contributed by atoms with Crippen LogP contribution in [0.15, 0.2) is 58.6 Å². The van der Waals surface area contributed by atoms with E-state index in [-0.39, 0.29) is 22.7 Å². The summed E-state index contributed by atoms with van der Waals surface area (Å²) in [6.45, 7) is 8.04. The smallest absolute Gasteiger partial charge is 0.244 e. The lowest BCUT2D eigenvalue weighted by molar-refractivity contribution is -0.119. The Balaban J connectivity index is 1.42. The highest BCUT2D eigenvalue weighted by atomic mass is 32.2. The van der Waals surface area contributed by atoms with Gasteiger partial charge >= 0.3 is 0 Å². The summed E-state index contributed by atoms with van der Waals surface area (Å²) in [6, 6.07) is 13.5. The van der Waals surface area contributed by atoms with Crippen molar-refractivity contribution in [2.75, 3.05) is 45.1 Å². The van der Waals surface area contributed by atoms with Crippen LogP contribution >= 0.6 is 11.8 Å². The monoisotopic (exact) mass is 492 g/mol. The molecule has 0 spiro atoms. The van der Waals surface area contributed by atoms with Gasteiger partial charge in [-0.1, -0.05) is 55.9 Å². The predicted octanol–water partition coefficient (Wildman–Crippen LogP) is 2.22. The molecule has 1 aromatic heterocycles. The number of carbonyl (C=O) groups is 1. The number of nitrogens with one attached hydrogen (secondary N) is 1. The Morgan fingerprint density at radius 2 is 1.97 bits per heavy atom. The van der Waals surface area contributed by atoms with Crippen LogP contribution in [0.3, 0.4) is 0 Å². The highest BCUT2D eigenvalue weighted by Crippen LogP contribution is 2.19. The molecule has 8 nitrogen and oxygen atoms in total. The van der Waals surface area contributed by atoms with Gasteiger partial charge in [0, 0.05) is 45.5 Å². The largest absolute Gasteiger partial charge is 0.374 e. The van der Waals surface area contributed by atoms with Crippen molar-refractivity contribution in [3.63, 3.8) is 0 Å². The lowest BCUT2D eigenvalue weighted by Gasteiger charge is -2.33. The van der Waals surface area contributed by atoms with Crippen LogP contribution in [0.2, 0.25) is 0 Å². The minimum absolute atomic E-state index is 0.0425. The zero-order chi connectivity index (χ0) is 23.7. The van der Waals surface area contributed by atoms with Crippen LogP contribution < -0.4 is 5.32 Å². The number of thioether (sulfide) groups is 1. The van der Waals surface area contributed by atoms with E-state index < -0.39 is 10.0 Å². The first-order valence-electron chi connectivity index (χ1n) is 11.2. The Morgan fingerprint density at radius 1 is 1.21 bits per heavy atom. The second kappa shape index (κ2) is 12.5. The molecule has 1 saturated heterocycles. The number of ether oxygens (including phenoxy) is 1. The predicted molar refractivity (Wildman–Crippen MR) is 130 cm³/mol. The summed E-state index contributed by atoms with van der Waals surface area (Å²) >= 11 is 1.27. The molecule has 180 valence electrons. The molecule has 1 N–H and O–H groups in total. The Morgan fingerprint density at radius 3 is 2.64 bits per heavy atom. The van der Waals surface area contributed by atoms with E-state index in [1.54, 1.807) is 19.9 Å². The van der Waals surface area contributed by atoms with Crippen molar-refractivity contribution in [2.45, 2.75) is 36.4 Å².